The second kappa shape index (κ2) is 6.42. The molecule has 0 unspecified atom stereocenters. The van der Waals surface area contributed by atoms with Crippen molar-refractivity contribution in [2.24, 2.45) is 0 Å². The van der Waals surface area contributed by atoms with Crippen LogP contribution in [0.5, 0.6) is 5.75 Å². The summed E-state index contributed by atoms with van der Waals surface area (Å²) in [5.74, 6) is 0.983. The van der Waals surface area contributed by atoms with Crippen LogP contribution >= 0.6 is 11.3 Å². The first-order chi connectivity index (χ1) is 8.40. The van der Waals surface area contributed by atoms with E-state index in [1.54, 1.807) is 11.3 Å². The Morgan fingerprint density at radius 1 is 1.24 bits per heavy atom. The van der Waals surface area contributed by atoms with Crippen LogP contribution in [0.3, 0.4) is 0 Å². The highest BCUT2D eigenvalue weighted by Gasteiger charge is 2.01. The summed E-state index contributed by atoms with van der Waals surface area (Å²) in [5, 5.41) is 7.42. The van der Waals surface area contributed by atoms with Gasteiger partial charge in [-0.3, -0.25) is 0 Å². The average molecular weight is 247 g/mol. The summed E-state index contributed by atoms with van der Waals surface area (Å²) in [4.78, 5) is 0. The highest BCUT2D eigenvalue weighted by atomic mass is 32.1. The van der Waals surface area contributed by atoms with Crippen LogP contribution in [0.25, 0.3) is 0 Å². The molecular formula is C14H17NOS. The van der Waals surface area contributed by atoms with Gasteiger partial charge < -0.3 is 10.1 Å². The molecule has 0 saturated heterocycles. The molecule has 0 aliphatic heterocycles. The molecule has 2 nitrogen and oxygen atoms in total. The van der Waals surface area contributed by atoms with Gasteiger partial charge in [0.1, 0.15) is 5.75 Å². The normalized spacial score (nSPS) is 10.4. The van der Waals surface area contributed by atoms with Crippen molar-refractivity contribution in [1.82, 2.24) is 5.32 Å². The summed E-state index contributed by atoms with van der Waals surface area (Å²) < 4.78 is 5.83. The predicted octanol–water partition coefficient (Wildman–Crippen LogP) is 3.09. The molecule has 0 saturated carbocycles. The minimum absolute atomic E-state index is 0.734. The molecule has 1 aromatic carbocycles. The summed E-state index contributed by atoms with van der Waals surface area (Å²) in [6.45, 7) is 1.58. The number of hydrogen-bond acceptors (Lipinski definition) is 3. The van der Waals surface area contributed by atoms with Crippen LogP contribution in [0.2, 0.25) is 0 Å². The van der Waals surface area contributed by atoms with E-state index >= 15 is 0 Å². The second-order valence-corrected chi connectivity index (χ2v) is 4.65. The van der Waals surface area contributed by atoms with Crippen molar-refractivity contribution in [2.75, 3.05) is 13.7 Å². The van der Waals surface area contributed by atoms with Gasteiger partial charge in [-0.15, -0.1) is 0 Å². The minimum Gasteiger partial charge on any atom is -0.493 e. The number of para-hydroxylation sites is 1. The van der Waals surface area contributed by atoms with E-state index in [1.807, 2.05) is 25.2 Å². The van der Waals surface area contributed by atoms with Gasteiger partial charge >= 0.3 is 0 Å². The number of thiophene rings is 1. The Morgan fingerprint density at radius 3 is 2.88 bits per heavy atom. The first-order valence-electron chi connectivity index (χ1n) is 5.76. The van der Waals surface area contributed by atoms with E-state index in [-0.39, 0.29) is 0 Å². The van der Waals surface area contributed by atoms with Crippen molar-refractivity contribution in [3.05, 3.63) is 52.2 Å². The number of nitrogens with one attached hydrogen (secondary N) is 1. The Labute approximate surface area is 106 Å². The number of ether oxygens (including phenoxy) is 1. The van der Waals surface area contributed by atoms with Crippen LogP contribution in [0.15, 0.2) is 41.1 Å². The number of benzene rings is 1. The van der Waals surface area contributed by atoms with Gasteiger partial charge in [-0.05, 0) is 35.5 Å². The zero-order valence-corrected chi connectivity index (χ0v) is 10.8. The van der Waals surface area contributed by atoms with Gasteiger partial charge in [0, 0.05) is 18.5 Å². The van der Waals surface area contributed by atoms with E-state index in [0.29, 0.717) is 0 Å². The third-order valence-electron chi connectivity index (χ3n) is 2.57. The molecule has 0 spiro atoms. The molecule has 0 amide bonds. The van der Waals surface area contributed by atoms with E-state index < -0.39 is 0 Å². The Hall–Kier alpha value is -1.32. The molecule has 1 N–H and O–H groups in total. The standard InChI is InChI=1S/C14H17NOS/c1-15-10-13-4-2-3-5-14(13)16-8-6-12-7-9-17-11-12/h2-5,7,9,11,15H,6,8,10H2,1H3. The molecule has 2 rings (SSSR count). The summed E-state index contributed by atoms with van der Waals surface area (Å²) in [5.41, 5.74) is 2.56. The lowest BCUT2D eigenvalue weighted by atomic mass is 10.2. The first-order valence-corrected chi connectivity index (χ1v) is 6.71. The first kappa shape index (κ1) is 12.1. The minimum atomic E-state index is 0.734. The van der Waals surface area contributed by atoms with Gasteiger partial charge in [-0.1, -0.05) is 18.2 Å². The highest BCUT2D eigenvalue weighted by molar-refractivity contribution is 7.07. The smallest absolute Gasteiger partial charge is 0.123 e. The molecule has 0 fully saturated rings. The summed E-state index contributed by atoms with van der Waals surface area (Å²) >= 11 is 1.73. The molecule has 0 aliphatic carbocycles. The van der Waals surface area contributed by atoms with Crippen LogP contribution in [0.1, 0.15) is 11.1 Å². The number of rotatable bonds is 6. The maximum atomic E-state index is 5.83. The summed E-state index contributed by atoms with van der Waals surface area (Å²) in [7, 11) is 1.95. The van der Waals surface area contributed by atoms with Gasteiger partial charge in [0.05, 0.1) is 6.61 Å². The lowest BCUT2D eigenvalue weighted by Gasteiger charge is -2.10. The Bertz CT molecular complexity index is 439. The van der Waals surface area contributed by atoms with E-state index in [9.17, 15) is 0 Å². The second-order valence-electron chi connectivity index (χ2n) is 3.87. The van der Waals surface area contributed by atoms with Crippen LogP contribution in [-0.4, -0.2) is 13.7 Å². The van der Waals surface area contributed by atoms with Crippen molar-refractivity contribution in [2.45, 2.75) is 13.0 Å². The molecule has 2 aromatic rings. The highest BCUT2D eigenvalue weighted by Crippen LogP contribution is 2.18. The maximum Gasteiger partial charge on any atom is 0.123 e. The SMILES string of the molecule is CNCc1ccccc1OCCc1ccsc1. The molecule has 17 heavy (non-hydrogen) atoms. The fourth-order valence-corrected chi connectivity index (χ4v) is 2.40. The summed E-state index contributed by atoms with van der Waals surface area (Å²) in [6, 6.07) is 10.3. The van der Waals surface area contributed by atoms with E-state index in [0.717, 1.165) is 25.3 Å². The van der Waals surface area contributed by atoms with Crippen molar-refractivity contribution < 1.29 is 4.74 Å². The monoisotopic (exact) mass is 247 g/mol. The van der Waals surface area contributed by atoms with Crippen LogP contribution < -0.4 is 10.1 Å². The van der Waals surface area contributed by atoms with Crippen LogP contribution in [0.4, 0.5) is 0 Å². The fraction of sp³-hybridized carbons (Fsp3) is 0.286. The van der Waals surface area contributed by atoms with E-state index in [1.165, 1.54) is 11.1 Å². The fourth-order valence-electron chi connectivity index (χ4n) is 1.69. The van der Waals surface area contributed by atoms with Gasteiger partial charge in [-0.25, -0.2) is 0 Å². The van der Waals surface area contributed by atoms with Crippen LogP contribution in [0, 0.1) is 0 Å². The average Bonchev–Trinajstić information content (AvgIpc) is 2.85. The predicted molar refractivity (Wildman–Crippen MR) is 72.7 cm³/mol. The lowest BCUT2D eigenvalue weighted by Crippen LogP contribution is -2.08. The lowest BCUT2D eigenvalue weighted by molar-refractivity contribution is 0.318. The third-order valence-corrected chi connectivity index (χ3v) is 3.30. The molecule has 0 radical (unpaired) electrons. The Morgan fingerprint density at radius 2 is 2.12 bits per heavy atom. The van der Waals surface area contributed by atoms with Crippen molar-refractivity contribution in [3.8, 4) is 5.75 Å². The van der Waals surface area contributed by atoms with Crippen molar-refractivity contribution in [1.29, 1.82) is 0 Å². The molecule has 3 heteroatoms. The van der Waals surface area contributed by atoms with Gasteiger partial charge in [0.25, 0.3) is 0 Å². The van der Waals surface area contributed by atoms with Gasteiger partial charge in [-0.2, -0.15) is 11.3 Å². The zero-order chi connectivity index (χ0) is 11.9. The third kappa shape index (κ3) is 3.58. The molecule has 1 aromatic heterocycles. The summed E-state index contributed by atoms with van der Waals surface area (Å²) in [6.07, 6.45) is 0.970. The molecule has 0 bridgehead atoms. The van der Waals surface area contributed by atoms with Gasteiger partial charge in [0.2, 0.25) is 0 Å². The molecule has 0 aliphatic rings. The topological polar surface area (TPSA) is 21.3 Å². The van der Waals surface area contributed by atoms with E-state index in [4.69, 9.17) is 4.74 Å². The Kier molecular flexibility index (Phi) is 4.59. The van der Waals surface area contributed by atoms with Crippen molar-refractivity contribution >= 4 is 11.3 Å². The molecule has 90 valence electrons. The Balaban J connectivity index is 1.89. The molecular weight excluding hydrogens is 230 g/mol. The zero-order valence-electron chi connectivity index (χ0n) is 9.98. The van der Waals surface area contributed by atoms with Crippen LogP contribution in [-0.2, 0) is 13.0 Å². The molecule has 1 heterocycles. The van der Waals surface area contributed by atoms with Crippen molar-refractivity contribution in [3.63, 3.8) is 0 Å². The molecule has 0 atom stereocenters. The number of hydrogen-bond donors (Lipinski definition) is 1. The quantitative estimate of drug-likeness (QED) is 0.847. The maximum absolute atomic E-state index is 5.83. The van der Waals surface area contributed by atoms with E-state index in [2.05, 4.69) is 28.2 Å². The largest absolute Gasteiger partial charge is 0.493 e. The van der Waals surface area contributed by atoms with Gasteiger partial charge in [0.15, 0.2) is 0 Å².